The van der Waals surface area contributed by atoms with Gasteiger partial charge in [-0.15, -0.1) is 0 Å². The van der Waals surface area contributed by atoms with Crippen LogP contribution in [0.5, 0.6) is 0 Å². The molecular formula is C15H19Cl2NO3. The normalized spacial score (nSPS) is 18.2. The van der Waals surface area contributed by atoms with Crippen LogP contribution in [-0.2, 0) is 9.47 Å². The fraction of sp³-hybridized carbons (Fsp3) is 0.533. The second-order valence-corrected chi connectivity index (χ2v) is 5.86. The number of hydrogen-bond acceptors (Lipinski definition) is 3. The molecule has 1 fully saturated rings. The van der Waals surface area contributed by atoms with Crippen molar-refractivity contribution in [2.75, 3.05) is 40.0 Å². The van der Waals surface area contributed by atoms with Gasteiger partial charge in [-0.1, -0.05) is 29.3 Å². The van der Waals surface area contributed by atoms with Crippen LogP contribution in [0, 0.1) is 5.92 Å². The Morgan fingerprint density at radius 3 is 2.95 bits per heavy atom. The van der Waals surface area contributed by atoms with E-state index in [-0.39, 0.29) is 5.91 Å². The van der Waals surface area contributed by atoms with E-state index in [9.17, 15) is 4.79 Å². The number of ether oxygens (including phenoxy) is 2. The van der Waals surface area contributed by atoms with E-state index < -0.39 is 0 Å². The topological polar surface area (TPSA) is 38.8 Å². The first-order valence-electron chi connectivity index (χ1n) is 6.93. The van der Waals surface area contributed by atoms with E-state index >= 15 is 0 Å². The van der Waals surface area contributed by atoms with Crippen molar-refractivity contribution in [2.24, 2.45) is 5.92 Å². The van der Waals surface area contributed by atoms with E-state index in [1.54, 1.807) is 25.3 Å². The van der Waals surface area contributed by atoms with Crippen LogP contribution in [0.15, 0.2) is 18.2 Å². The summed E-state index contributed by atoms with van der Waals surface area (Å²) in [5.41, 5.74) is 0.463. The fourth-order valence-electron chi connectivity index (χ4n) is 2.38. The quantitative estimate of drug-likeness (QED) is 0.752. The molecule has 0 unspecified atom stereocenters. The van der Waals surface area contributed by atoms with E-state index in [0.717, 1.165) is 13.0 Å². The highest BCUT2D eigenvalue weighted by atomic mass is 35.5. The highest BCUT2D eigenvalue weighted by molar-refractivity contribution is 6.43. The van der Waals surface area contributed by atoms with Crippen LogP contribution in [0.2, 0.25) is 10.0 Å². The van der Waals surface area contributed by atoms with E-state index in [1.807, 2.05) is 4.90 Å². The first-order valence-corrected chi connectivity index (χ1v) is 7.69. The molecule has 1 aliphatic heterocycles. The summed E-state index contributed by atoms with van der Waals surface area (Å²) in [5, 5.41) is 0.727. The molecule has 0 radical (unpaired) electrons. The first kappa shape index (κ1) is 16.6. The van der Waals surface area contributed by atoms with Crippen LogP contribution in [0.4, 0.5) is 0 Å². The molecule has 4 nitrogen and oxygen atoms in total. The van der Waals surface area contributed by atoms with E-state index in [1.165, 1.54) is 0 Å². The van der Waals surface area contributed by atoms with Gasteiger partial charge in [0.25, 0.3) is 5.91 Å². The Balaban J connectivity index is 1.89. The number of likely N-dealkylation sites (tertiary alicyclic amines) is 1. The summed E-state index contributed by atoms with van der Waals surface area (Å²) in [7, 11) is 1.65. The predicted octanol–water partition coefficient (Wildman–Crippen LogP) is 3.12. The highest BCUT2D eigenvalue weighted by Crippen LogP contribution is 2.28. The summed E-state index contributed by atoms with van der Waals surface area (Å²) in [4.78, 5) is 14.3. The Labute approximate surface area is 134 Å². The summed E-state index contributed by atoms with van der Waals surface area (Å²) in [5.74, 6) is 0.297. The Morgan fingerprint density at radius 1 is 1.38 bits per heavy atom. The van der Waals surface area contributed by atoms with Crippen molar-refractivity contribution >= 4 is 29.1 Å². The van der Waals surface area contributed by atoms with Crippen LogP contribution in [-0.4, -0.2) is 50.8 Å². The number of nitrogens with zero attached hydrogens (tertiary/aromatic N) is 1. The zero-order chi connectivity index (χ0) is 15.2. The summed E-state index contributed by atoms with van der Waals surface area (Å²) in [6.07, 6.45) is 0.941. The molecule has 1 aromatic rings. The van der Waals surface area contributed by atoms with Crippen molar-refractivity contribution in [1.82, 2.24) is 4.90 Å². The molecule has 1 aliphatic rings. The van der Waals surface area contributed by atoms with Crippen LogP contribution < -0.4 is 0 Å². The zero-order valence-corrected chi connectivity index (χ0v) is 13.5. The Bertz CT molecular complexity index is 496. The number of methoxy groups -OCH3 is 1. The molecule has 0 aromatic heterocycles. The fourth-order valence-corrected chi connectivity index (χ4v) is 2.77. The van der Waals surface area contributed by atoms with Gasteiger partial charge in [0.2, 0.25) is 0 Å². The number of rotatable bonds is 6. The van der Waals surface area contributed by atoms with Gasteiger partial charge in [0.05, 0.1) is 35.4 Å². The minimum atomic E-state index is -0.0677. The maximum atomic E-state index is 12.5. The number of hydrogen-bond donors (Lipinski definition) is 0. The highest BCUT2D eigenvalue weighted by Gasteiger charge is 2.28. The van der Waals surface area contributed by atoms with E-state index in [4.69, 9.17) is 32.7 Å². The lowest BCUT2D eigenvalue weighted by atomic mass is 10.1. The molecule has 1 amide bonds. The third kappa shape index (κ3) is 4.33. The molecule has 0 bridgehead atoms. The molecule has 1 aromatic carbocycles. The van der Waals surface area contributed by atoms with Gasteiger partial charge in [-0.2, -0.15) is 0 Å². The van der Waals surface area contributed by atoms with Crippen LogP contribution in [0.3, 0.4) is 0 Å². The minimum Gasteiger partial charge on any atom is -0.382 e. The second-order valence-electron chi connectivity index (χ2n) is 5.07. The molecule has 21 heavy (non-hydrogen) atoms. The molecule has 6 heteroatoms. The van der Waals surface area contributed by atoms with Gasteiger partial charge in [0, 0.05) is 26.1 Å². The Morgan fingerprint density at radius 2 is 2.19 bits per heavy atom. The average Bonchev–Trinajstić information content (AvgIpc) is 2.95. The molecule has 2 rings (SSSR count). The monoisotopic (exact) mass is 331 g/mol. The van der Waals surface area contributed by atoms with Crippen LogP contribution >= 0.6 is 23.2 Å². The lowest BCUT2D eigenvalue weighted by molar-refractivity contribution is 0.0515. The van der Waals surface area contributed by atoms with Gasteiger partial charge < -0.3 is 14.4 Å². The average molecular weight is 332 g/mol. The number of halogens is 2. The van der Waals surface area contributed by atoms with Gasteiger partial charge in [-0.05, 0) is 18.6 Å². The van der Waals surface area contributed by atoms with Crippen molar-refractivity contribution in [3.8, 4) is 0 Å². The molecular weight excluding hydrogens is 313 g/mol. The van der Waals surface area contributed by atoms with E-state index in [0.29, 0.717) is 47.9 Å². The maximum Gasteiger partial charge on any atom is 0.255 e. The third-order valence-corrected chi connectivity index (χ3v) is 4.36. The van der Waals surface area contributed by atoms with Gasteiger partial charge in [-0.3, -0.25) is 4.79 Å². The first-order chi connectivity index (χ1) is 10.1. The van der Waals surface area contributed by atoms with Crippen molar-refractivity contribution in [3.63, 3.8) is 0 Å². The summed E-state index contributed by atoms with van der Waals surface area (Å²) >= 11 is 12.1. The summed E-state index contributed by atoms with van der Waals surface area (Å²) in [6.45, 7) is 3.24. The molecule has 0 N–H and O–H groups in total. The molecule has 0 saturated carbocycles. The number of carbonyl (C=O) groups excluding carboxylic acids is 1. The lowest BCUT2D eigenvalue weighted by Gasteiger charge is -2.17. The van der Waals surface area contributed by atoms with Gasteiger partial charge in [0.1, 0.15) is 0 Å². The smallest absolute Gasteiger partial charge is 0.255 e. The molecule has 1 atom stereocenters. The Kier molecular flexibility index (Phi) is 6.30. The van der Waals surface area contributed by atoms with Crippen LogP contribution in [0.25, 0.3) is 0 Å². The molecule has 1 saturated heterocycles. The van der Waals surface area contributed by atoms with E-state index in [2.05, 4.69) is 0 Å². The van der Waals surface area contributed by atoms with Crippen molar-refractivity contribution < 1.29 is 14.3 Å². The Hall–Kier alpha value is -0.810. The lowest BCUT2D eigenvalue weighted by Crippen LogP contribution is -2.29. The molecule has 0 aliphatic carbocycles. The van der Waals surface area contributed by atoms with Crippen molar-refractivity contribution in [3.05, 3.63) is 33.8 Å². The number of benzene rings is 1. The largest absolute Gasteiger partial charge is 0.382 e. The van der Waals surface area contributed by atoms with Crippen LogP contribution in [0.1, 0.15) is 16.8 Å². The van der Waals surface area contributed by atoms with Gasteiger partial charge in [0.15, 0.2) is 0 Å². The number of carbonyl (C=O) groups is 1. The summed E-state index contributed by atoms with van der Waals surface area (Å²) < 4.78 is 10.5. The van der Waals surface area contributed by atoms with Gasteiger partial charge in [-0.25, -0.2) is 0 Å². The molecule has 1 heterocycles. The minimum absolute atomic E-state index is 0.0677. The van der Waals surface area contributed by atoms with Gasteiger partial charge >= 0.3 is 0 Å². The molecule has 116 valence electrons. The SMILES string of the molecule is COCCOC[C@@H]1CCN(C(=O)c2cccc(Cl)c2Cl)C1. The maximum absolute atomic E-state index is 12.5. The number of amides is 1. The zero-order valence-electron chi connectivity index (χ0n) is 12.0. The molecule has 0 spiro atoms. The second kappa shape index (κ2) is 7.99. The summed E-state index contributed by atoms with van der Waals surface area (Å²) in [6, 6.07) is 5.12. The third-order valence-electron chi connectivity index (χ3n) is 3.54. The standard InChI is InChI=1S/C15H19Cl2NO3/c1-20-7-8-21-10-11-5-6-18(9-11)15(19)12-3-2-4-13(16)14(12)17/h2-4,11H,5-10H2,1H3/t11-/m1/s1. The van der Waals surface area contributed by atoms with Crippen molar-refractivity contribution in [1.29, 1.82) is 0 Å². The van der Waals surface area contributed by atoms with Crippen molar-refractivity contribution in [2.45, 2.75) is 6.42 Å². The predicted molar refractivity (Wildman–Crippen MR) is 83.2 cm³/mol.